The van der Waals surface area contributed by atoms with Crippen LogP contribution in [0.4, 0.5) is 0 Å². The first kappa shape index (κ1) is 56.3. The number of fused-ring (bicyclic) bond motifs is 10. The van der Waals surface area contributed by atoms with Crippen molar-refractivity contribution < 1.29 is 19.1 Å². The molecule has 16 rings (SSSR count). The van der Waals surface area contributed by atoms with Crippen LogP contribution in [0.3, 0.4) is 0 Å². The molecule has 85 heavy (non-hydrogen) atoms. The van der Waals surface area contributed by atoms with E-state index in [1.54, 1.807) is 5.57 Å². The summed E-state index contributed by atoms with van der Waals surface area (Å²) in [6.45, 7) is 22.0. The van der Waals surface area contributed by atoms with E-state index in [0.29, 0.717) is 53.7 Å². The van der Waals surface area contributed by atoms with Crippen LogP contribution in [0.5, 0.6) is 0 Å². The average molecular weight is 1150 g/mol. The van der Waals surface area contributed by atoms with Crippen LogP contribution in [-0.4, -0.2) is 37.2 Å². The van der Waals surface area contributed by atoms with Crippen LogP contribution < -0.4 is 0 Å². The van der Waals surface area contributed by atoms with Gasteiger partial charge in [0.05, 0.1) is 6.10 Å². The molecule has 0 bridgehead atoms. The Kier molecular flexibility index (Phi) is 13.4. The highest BCUT2D eigenvalue weighted by Crippen LogP contribution is 2.68. The van der Waals surface area contributed by atoms with Crippen molar-refractivity contribution >= 4 is 84.5 Å². The lowest BCUT2D eigenvalue weighted by Gasteiger charge is -2.58. The molecule has 0 aromatic heterocycles. The van der Waals surface area contributed by atoms with E-state index in [4.69, 9.17) is 4.43 Å². The quantitative estimate of drug-likeness (QED) is 0.0935. The molecule has 14 atom stereocenters. The number of benzene rings is 8. The van der Waals surface area contributed by atoms with Gasteiger partial charge in [-0.2, -0.15) is 0 Å². The van der Waals surface area contributed by atoms with Gasteiger partial charge in [0.1, 0.15) is 11.6 Å². The van der Waals surface area contributed by atoms with E-state index in [1.807, 2.05) is 0 Å². The molecule has 0 spiro atoms. The van der Waals surface area contributed by atoms with Crippen LogP contribution in [0, 0.1) is 69.0 Å². The van der Waals surface area contributed by atoms with E-state index in [2.05, 4.69) is 183 Å². The molecule has 1 N–H and O–H groups in total. The second-order valence-corrected chi connectivity index (χ2v) is 36.7. The molecule has 4 nitrogen and oxygen atoms in total. The molecule has 8 aromatic carbocycles. The van der Waals surface area contributed by atoms with Crippen molar-refractivity contribution in [2.75, 3.05) is 0 Å². The fourth-order valence-corrected chi connectivity index (χ4v) is 22.9. The molecular formula is C80H94O4Si. The molecule has 6 saturated carbocycles. The molecule has 0 amide bonds. The normalized spacial score (nSPS) is 34.5. The Bertz CT molecular complexity index is 3990. The summed E-state index contributed by atoms with van der Waals surface area (Å²) in [6.07, 6.45) is 24.9. The highest BCUT2D eigenvalue weighted by Gasteiger charge is 2.62. The number of rotatable bonds is 8. The average Bonchev–Trinajstić information content (AvgIpc) is 2.63. The molecule has 8 aromatic rings. The molecule has 8 aliphatic carbocycles. The standard InChI is InChI=1S/C43H54O2Si.C37H40O2/c1-41(2,3)46(6,7)45-32-21-23-42(4)31(26-32)16-18-34-35-19-20-37(43(35,5)24-22-36(34)42)38(44)25-30-14-13-29-12-11-27-9-8-10-28-15-17-33(30)40(29)39(27)28;1-36-18-16-27(38)21-26(36)11-13-29-30-14-15-32(37(30,2)19-17-31(29)36)33(39)20-25-9-8-24-7-6-22-4-3-5-23-10-12-28(25)35(24)34(22)23/h8-17,32,34-37H,18-26H2,1-7H3;3-12,27,29-32,38H,13-21H2,1-2H3/t32-,34-,35-,36-,37+,42-,43-;27-,29-,30-,31-,32+,36-,37-/m00/s1. The maximum Gasteiger partial charge on any atom is 0.192 e. The largest absolute Gasteiger partial charge is 0.414 e. The number of aliphatic hydroxyl groups excluding tert-OH is 1. The van der Waals surface area contributed by atoms with Crippen molar-refractivity contribution in [3.05, 3.63) is 144 Å². The summed E-state index contributed by atoms with van der Waals surface area (Å²) in [7, 11) is -1.77. The van der Waals surface area contributed by atoms with Crippen LogP contribution in [0.1, 0.15) is 162 Å². The number of hydrogen-bond acceptors (Lipinski definition) is 4. The highest BCUT2D eigenvalue weighted by atomic mass is 28.4. The van der Waals surface area contributed by atoms with Gasteiger partial charge in [0, 0.05) is 30.8 Å². The molecule has 0 heterocycles. The minimum atomic E-state index is -1.77. The van der Waals surface area contributed by atoms with Gasteiger partial charge in [-0.15, -0.1) is 0 Å². The van der Waals surface area contributed by atoms with Crippen LogP contribution in [0.2, 0.25) is 18.1 Å². The third-order valence-electron chi connectivity index (χ3n) is 27.1. The van der Waals surface area contributed by atoms with Crippen molar-refractivity contribution in [2.45, 2.75) is 194 Å². The van der Waals surface area contributed by atoms with Gasteiger partial charge in [-0.05, 0) is 254 Å². The molecule has 0 unspecified atom stereocenters. The lowest BCUT2D eigenvalue weighted by molar-refractivity contribution is -0.129. The summed E-state index contributed by atoms with van der Waals surface area (Å²) in [6, 6.07) is 40.0. The van der Waals surface area contributed by atoms with Gasteiger partial charge >= 0.3 is 0 Å². The summed E-state index contributed by atoms with van der Waals surface area (Å²) in [5.74, 6) is 5.51. The number of carbonyl (C=O) groups excluding carboxylic acids is 2. The van der Waals surface area contributed by atoms with Crippen LogP contribution in [0.15, 0.2) is 132 Å². The first-order valence-electron chi connectivity index (χ1n) is 33.8. The zero-order valence-electron chi connectivity index (χ0n) is 52.7. The number of ketones is 2. The monoisotopic (exact) mass is 1150 g/mol. The number of allylic oxidation sites excluding steroid dienone is 2. The van der Waals surface area contributed by atoms with Gasteiger partial charge < -0.3 is 9.53 Å². The predicted octanol–water partition coefficient (Wildman–Crippen LogP) is 20.3. The second kappa shape index (κ2) is 20.2. The minimum Gasteiger partial charge on any atom is -0.414 e. The molecule has 0 aliphatic heterocycles. The number of carbonyl (C=O) groups is 2. The summed E-state index contributed by atoms with van der Waals surface area (Å²) in [4.78, 5) is 28.6. The number of Topliss-reactive ketones (excluding diaryl/α,β-unsaturated/α-hetero) is 2. The maximum atomic E-state index is 14.4. The van der Waals surface area contributed by atoms with Gasteiger partial charge in [0.25, 0.3) is 0 Å². The summed E-state index contributed by atoms with van der Waals surface area (Å²) >= 11 is 0. The number of aliphatic hydroxyl groups is 1. The Morgan fingerprint density at radius 2 is 0.906 bits per heavy atom. The van der Waals surface area contributed by atoms with Crippen molar-refractivity contribution in [1.82, 2.24) is 0 Å². The molecule has 6 fully saturated rings. The summed E-state index contributed by atoms with van der Waals surface area (Å²) in [5.41, 5.74) is 6.47. The van der Waals surface area contributed by atoms with Crippen LogP contribution >= 0.6 is 0 Å². The van der Waals surface area contributed by atoms with E-state index in [0.717, 1.165) is 62.7 Å². The Morgan fingerprint density at radius 1 is 0.494 bits per heavy atom. The van der Waals surface area contributed by atoms with Gasteiger partial charge in [0.2, 0.25) is 0 Å². The van der Waals surface area contributed by atoms with E-state index in [-0.39, 0.29) is 39.2 Å². The third kappa shape index (κ3) is 8.72. The lowest BCUT2D eigenvalue weighted by Crippen LogP contribution is -2.52. The Labute approximate surface area is 507 Å². The molecular weight excluding hydrogens is 1050 g/mol. The van der Waals surface area contributed by atoms with Gasteiger partial charge in [-0.25, -0.2) is 0 Å². The van der Waals surface area contributed by atoms with Crippen LogP contribution in [-0.2, 0) is 26.9 Å². The van der Waals surface area contributed by atoms with Crippen molar-refractivity contribution in [2.24, 2.45) is 69.0 Å². The smallest absolute Gasteiger partial charge is 0.192 e. The Balaban J connectivity index is 0.000000146. The second-order valence-electron chi connectivity index (χ2n) is 32.0. The van der Waals surface area contributed by atoms with E-state index in [9.17, 15) is 14.7 Å². The zero-order valence-corrected chi connectivity index (χ0v) is 53.7. The third-order valence-corrected chi connectivity index (χ3v) is 31.7. The SMILES string of the molecule is CC(C)(C)[Si](C)(C)O[C@H]1CC[C@@]2(C)C(=CC[C@H]3[C@@H]4CC[C@H](C(=O)Cc5ccc6ccc7cccc8ccc5c6c78)[C@@]4(C)CC[C@@H]32)C1.C[C@]12CC[C@H]3[C@@H](CC=C4C[C@@H](O)CC[C@@]43C)[C@@H]1CC[C@@H]2C(=O)Cc1ccc2ccc3cccc4ccc1c2c34. The zero-order chi connectivity index (χ0) is 58.7. The predicted molar refractivity (Wildman–Crippen MR) is 356 cm³/mol. The lowest BCUT2D eigenvalue weighted by atomic mass is 9.47. The molecule has 8 aliphatic rings. The van der Waals surface area contributed by atoms with Gasteiger partial charge in [0.15, 0.2) is 8.32 Å². The minimum absolute atomic E-state index is 0.123. The van der Waals surface area contributed by atoms with E-state index >= 15 is 0 Å². The molecule has 5 heteroatoms. The maximum absolute atomic E-state index is 14.4. The molecule has 0 saturated heterocycles. The van der Waals surface area contributed by atoms with Crippen molar-refractivity contribution in [3.8, 4) is 0 Å². The number of hydrogen-bond donors (Lipinski definition) is 1. The van der Waals surface area contributed by atoms with Crippen LogP contribution in [0.25, 0.3) is 64.6 Å². The summed E-state index contributed by atoms with van der Waals surface area (Å²) < 4.78 is 6.97. The fraction of sp³-hybridized carbons (Fsp3) is 0.525. The van der Waals surface area contributed by atoms with Gasteiger partial charge in [-0.1, -0.05) is 181 Å². The first-order valence-corrected chi connectivity index (χ1v) is 36.7. The topological polar surface area (TPSA) is 63.6 Å². The van der Waals surface area contributed by atoms with Crippen molar-refractivity contribution in [3.63, 3.8) is 0 Å². The fourth-order valence-electron chi connectivity index (χ4n) is 21.5. The van der Waals surface area contributed by atoms with E-state index in [1.165, 1.54) is 139 Å². The van der Waals surface area contributed by atoms with Crippen molar-refractivity contribution in [1.29, 1.82) is 0 Å². The van der Waals surface area contributed by atoms with E-state index < -0.39 is 8.32 Å². The Hall–Kier alpha value is -5.20. The highest BCUT2D eigenvalue weighted by molar-refractivity contribution is 6.74. The molecule has 0 radical (unpaired) electrons. The first-order chi connectivity index (χ1) is 40.7. The summed E-state index contributed by atoms with van der Waals surface area (Å²) in [5, 5.41) is 26.1. The Morgan fingerprint density at radius 3 is 1.36 bits per heavy atom. The molecule has 442 valence electrons. The van der Waals surface area contributed by atoms with Gasteiger partial charge in [-0.3, -0.25) is 9.59 Å².